The summed E-state index contributed by atoms with van der Waals surface area (Å²) >= 11 is 2.63. The number of hydrogen-bond acceptors (Lipinski definition) is 8. The zero-order valence-corrected chi connectivity index (χ0v) is 23.7. The number of ether oxygens (including phenoxy) is 1. The summed E-state index contributed by atoms with van der Waals surface area (Å²) in [4.78, 5) is 19.7. The Hall–Kier alpha value is -3.19. The van der Waals surface area contributed by atoms with Crippen LogP contribution in [-0.2, 0) is 14.8 Å². The second-order valence-corrected chi connectivity index (χ2v) is 12.8. The van der Waals surface area contributed by atoms with Gasteiger partial charge in [0.25, 0.3) is 10.0 Å². The minimum Gasteiger partial charge on any atom is -0.496 e. The molecule has 3 heterocycles. The number of carbonyl (C=O) groups is 1. The molecule has 2 N–H and O–H groups in total. The molecule has 204 valence electrons. The highest BCUT2D eigenvalue weighted by molar-refractivity contribution is 7.99. The lowest BCUT2D eigenvalue weighted by Gasteiger charge is -2.32. The van der Waals surface area contributed by atoms with E-state index >= 15 is 4.39 Å². The van der Waals surface area contributed by atoms with Crippen molar-refractivity contribution in [2.45, 2.75) is 28.6 Å². The van der Waals surface area contributed by atoms with Crippen LogP contribution in [0, 0.1) is 5.82 Å². The monoisotopic (exact) mass is 586 g/mol. The lowest BCUT2D eigenvalue weighted by atomic mass is 10.0. The van der Waals surface area contributed by atoms with Gasteiger partial charge < -0.3 is 15.0 Å². The minimum absolute atomic E-state index is 0.0979. The molecule has 1 amide bonds. The number of thiophene rings is 1. The molecule has 1 fully saturated rings. The van der Waals surface area contributed by atoms with E-state index in [-0.39, 0.29) is 15.4 Å². The van der Waals surface area contributed by atoms with Crippen LogP contribution in [0.1, 0.15) is 17.7 Å². The molecule has 0 saturated carbocycles. The Morgan fingerprint density at radius 1 is 1.21 bits per heavy atom. The van der Waals surface area contributed by atoms with Gasteiger partial charge in [-0.25, -0.2) is 12.8 Å². The van der Waals surface area contributed by atoms with E-state index in [1.165, 1.54) is 28.8 Å². The van der Waals surface area contributed by atoms with Crippen LogP contribution in [0.3, 0.4) is 0 Å². The number of carbonyl (C=O) groups excluding carboxylic acids is 1. The van der Waals surface area contributed by atoms with Crippen LogP contribution in [0.2, 0.25) is 0 Å². The van der Waals surface area contributed by atoms with Crippen LogP contribution in [-0.4, -0.2) is 52.0 Å². The number of thioether (sulfide) groups is 1. The van der Waals surface area contributed by atoms with E-state index < -0.39 is 27.8 Å². The highest BCUT2D eigenvalue weighted by atomic mass is 32.2. The molecule has 0 aliphatic carbocycles. The van der Waals surface area contributed by atoms with Crippen LogP contribution in [0.4, 0.5) is 10.1 Å². The van der Waals surface area contributed by atoms with Crippen molar-refractivity contribution in [3.8, 4) is 16.9 Å². The fourth-order valence-corrected chi connectivity index (χ4v) is 7.51. The number of rotatable bonds is 8. The predicted octanol–water partition coefficient (Wildman–Crippen LogP) is 4.70. The normalized spacial score (nSPS) is 19.5. The van der Waals surface area contributed by atoms with Crippen molar-refractivity contribution in [2.75, 3.05) is 24.8 Å². The van der Waals surface area contributed by atoms with E-state index in [2.05, 4.69) is 15.0 Å². The number of hydrogen-bond donors (Lipinski definition) is 2. The van der Waals surface area contributed by atoms with Gasteiger partial charge in [0.2, 0.25) is 5.91 Å². The lowest BCUT2D eigenvalue weighted by molar-refractivity contribution is -0.121. The van der Waals surface area contributed by atoms with Gasteiger partial charge in [0.15, 0.2) is 5.50 Å². The summed E-state index contributed by atoms with van der Waals surface area (Å²) in [6.07, 6.45) is 6.26. The largest absolute Gasteiger partial charge is 0.496 e. The molecule has 8 nitrogen and oxygen atoms in total. The van der Waals surface area contributed by atoms with E-state index in [1.807, 2.05) is 24.5 Å². The van der Waals surface area contributed by atoms with Gasteiger partial charge in [0.1, 0.15) is 21.8 Å². The zero-order chi connectivity index (χ0) is 27.6. The molecule has 1 saturated heterocycles. The highest BCUT2D eigenvalue weighted by Gasteiger charge is 2.35. The first-order chi connectivity index (χ1) is 18.8. The fraction of sp³-hybridized carbons (Fsp3) is 0.259. The topological polar surface area (TPSA) is 100 Å². The molecule has 0 radical (unpaired) electrons. The summed E-state index contributed by atoms with van der Waals surface area (Å²) in [7, 11) is -2.43. The molecule has 2 aliphatic rings. The van der Waals surface area contributed by atoms with Crippen LogP contribution >= 0.6 is 23.1 Å². The molecule has 0 bridgehead atoms. The first-order valence-electron chi connectivity index (χ1n) is 12.2. The van der Waals surface area contributed by atoms with Crippen LogP contribution in [0.5, 0.6) is 5.75 Å². The average Bonchev–Trinajstić information content (AvgIpc) is 3.46. The van der Waals surface area contributed by atoms with Crippen molar-refractivity contribution in [1.29, 1.82) is 0 Å². The van der Waals surface area contributed by atoms with Gasteiger partial charge in [-0.2, -0.15) is 4.72 Å². The van der Waals surface area contributed by atoms with E-state index in [0.717, 1.165) is 27.5 Å². The molecule has 12 heteroatoms. The van der Waals surface area contributed by atoms with Crippen LogP contribution < -0.4 is 19.7 Å². The quantitative estimate of drug-likeness (QED) is 0.397. The number of nitrogens with one attached hydrogen (secondary N) is 2. The number of piperidine rings is 1. The Labute approximate surface area is 235 Å². The Kier molecular flexibility index (Phi) is 8.08. The van der Waals surface area contributed by atoms with E-state index in [4.69, 9.17) is 4.74 Å². The van der Waals surface area contributed by atoms with Crippen molar-refractivity contribution in [2.24, 2.45) is 4.99 Å². The van der Waals surface area contributed by atoms with Crippen LogP contribution in [0.15, 0.2) is 69.9 Å². The fourth-order valence-electron chi connectivity index (χ4n) is 4.54. The van der Waals surface area contributed by atoms with Gasteiger partial charge in [-0.1, -0.05) is 24.3 Å². The van der Waals surface area contributed by atoms with Crippen molar-refractivity contribution in [3.05, 3.63) is 71.4 Å². The average molecular weight is 587 g/mol. The summed E-state index contributed by atoms with van der Waals surface area (Å²) < 4.78 is 49.7. The summed E-state index contributed by atoms with van der Waals surface area (Å²) in [5.74, 6) is -0.447. The van der Waals surface area contributed by atoms with E-state index in [9.17, 15) is 13.2 Å². The third-order valence-electron chi connectivity index (χ3n) is 6.47. The molecule has 2 aliphatic heterocycles. The molecule has 39 heavy (non-hydrogen) atoms. The molecule has 3 aromatic rings. The SMILES string of the molecule is COc1ccccc1-c1ccc(N2CCCC(NS(=O)(=O)c3ccc(C4=CC=NC(SC)N4)s3)C2=O)c(F)c1. The van der Waals surface area contributed by atoms with Crippen molar-refractivity contribution < 1.29 is 22.3 Å². The number of nitrogens with zero attached hydrogens (tertiary/aromatic N) is 2. The summed E-state index contributed by atoms with van der Waals surface area (Å²) in [6.45, 7) is 0.295. The summed E-state index contributed by atoms with van der Waals surface area (Å²) in [5, 5.41) is 3.24. The van der Waals surface area contributed by atoms with Crippen molar-refractivity contribution in [3.63, 3.8) is 0 Å². The van der Waals surface area contributed by atoms with Crippen LogP contribution in [0.25, 0.3) is 16.8 Å². The number of allylic oxidation sites excluding steroid dienone is 1. The standard InChI is InChI=1S/C27H27FN4O4S3/c1-36-23-8-4-3-6-18(23)17-9-10-22(19(28)16-17)32-15-5-7-21(26(32)33)31-39(34,35)25-12-11-24(38-25)20-13-14-29-27(30-20)37-2/h3-4,6,8-14,16,21,27,30-31H,5,7,15H2,1-2H3. The molecule has 2 aromatic carbocycles. The summed E-state index contributed by atoms with van der Waals surface area (Å²) in [5.41, 5.74) is 2.10. The van der Waals surface area contributed by atoms with Gasteiger partial charge >= 0.3 is 0 Å². The predicted molar refractivity (Wildman–Crippen MR) is 155 cm³/mol. The number of halogens is 1. The van der Waals surface area contributed by atoms with Gasteiger partial charge in [0, 0.05) is 18.3 Å². The molecular weight excluding hydrogens is 560 g/mol. The molecule has 0 spiro atoms. The maximum atomic E-state index is 15.3. The number of aliphatic imine (C=N–C) groups is 1. The first kappa shape index (κ1) is 27.4. The molecule has 2 atom stereocenters. The molecule has 2 unspecified atom stereocenters. The smallest absolute Gasteiger partial charge is 0.250 e. The zero-order valence-electron chi connectivity index (χ0n) is 21.3. The number of amides is 1. The van der Waals surface area contributed by atoms with E-state index in [0.29, 0.717) is 30.7 Å². The highest BCUT2D eigenvalue weighted by Crippen LogP contribution is 2.34. The number of methoxy groups -OCH3 is 1. The number of sulfonamides is 1. The Morgan fingerprint density at radius 2 is 2.03 bits per heavy atom. The Balaban J connectivity index is 1.33. The number of benzene rings is 2. The second-order valence-electron chi connectivity index (χ2n) is 8.90. The van der Waals surface area contributed by atoms with Crippen molar-refractivity contribution in [1.82, 2.24) is 10.0 Å². The lowest BCUT2D eigenvalue weighted by Crippen LogP contribution is -2.52. The third kappa shape index (κ3) is 5.74. The van der Waals surface area contributed by atoms with E-state index in [1.54, 1.807) is 43.7 Å². The molecular formula is C27H27FN4O4S3. The van der Waals surface area contributed by atoms with Gasteiger partial charge in [-0.05, 0) is 61.1 Å². The molecule has 5 rings (SSSR count). The Morgan fingerprint density at radius 3 is 2.79 bits per heavy atom. The third-order valence-corrected chi connectivity index (χ3v) is 10.2. The number of para-hydroxylation sites is 1. The minimum atomic E-state index is -3.98. The molecule has 1 aromatic heterocycles. The maximum Gasteiger partial charge on any atom is 0.250 e. The van der Waals surface area contributed by atoms with Gasteiger partial charge in [-0.15, -0.1) is 23.1 Å². The summed E-state index contributed by atoms with van der Waals surface area (Å²) in [6, 6.07) is 14.2. The Bertz CT molecular complexity index is 1550. The van der Waals surface area contributed by atoms with Crippen molar-refractivity contribution >= 4 is 56.6 Å². The maximum absolute atomic E-state index is 15.3. The number of anilines is 1. The van der Waals surface area contributed by atoms with Gasteiger partial charge in [-0.3, -0.25) is 9.79 Å². The first-order valence-corrected chi connectivity index (χ1v) is 15.8. The van der Waals surface area contributed by atoms with Gasteiger partial charge in [0.05, 0.1) is 23.4 Å². The second kappa shape index (κ2) is 11.5.